The van der Waals surface area contributed by atoms with E-state index in [0.29, 0.717) is 4.90 Å². The van der Waals surface area contributed by atoms with E-state index in [1.54, 1.807) is 39.9 Å². The number of anilines is 1. The quantitative estimate of drug-likeness (QED) is 0.562. The fourth-order valence-electron chi connectivity index (χ4n) is 3.88. The lowest BCUT2D eigenvalue weighted by Gasteiger charge is -2.39. The summed E-state index contributed by atoms with van der Waals surface area (Å²) in [4.78, 5) is 4.13. The van der Waals surface area contributed by atoms with Crippen molar-refractivity contribution in [2.75, 3.05) is 17.4 Å². The number of likely N-dealkylation sites (tertiary alicyclic amines) is 1. The average Bonchev–Trinajstić information content (AvgIpc) is 3.25. The molecule has 1 saturated heterocycles. The van der Waals surface area contributed by atoms with E-state index in [-0.39, 0.29) is 6.04 Å². The maximum Gasteiger partial charge on any atom is 0.264 e. The molecule has 4 nitrogen and oxygen atoms in total. The normalized spacial score (nSPS) is 16.0. The summed E-state index contributed by atoms with van der Waals surface area (Å²) in [5, 5.41) is 2.10. The number of benzene rings is 2. The molecule has 1 aliphatic rings. The summed E-state index contributed by atoms with van der Waals surface area (Å²) in [6, 6.07) is 20.8. The minimum atomic E-state index is -3.62. The van der Waals surface area contributed by atoms with Gasteiger partial charge in [-0.3, -0.25) is 9.21 Å². The molecule has 0 bridgehead atoms. The van der Waals surface area contributed by atoms with Gasteiger partial charge >= 0.3 is 0 Å². The van der Waals surface area contributed by atoms with Crippen molar-refractivity contribution in [3.8, 4) is 0 Å². The van der Waals surface area contributed by atoms with Gasteiger partial charge in [-0.2, -0.15) is 0 Å². The van der Waals surface area contributed by atoms with Gasteiger partial charge in [0.15, 0.2) is 0 Å². The van der Waals surface area contributed by atoms with Crippen LogP contribution in [0.15, 0.2) is 77.0 Å². The van der Waals surface area contributed by atoms with E-state index in [1.807, 2.05) is 37.3 Å². The molecule has 2 heterocycles. The Labute approximate surface area is 177 Å². The predicted molar refractivity (Wildman–Crippen MR) is 120 cm³/mol. The summed E-state index contributed by atoms with van der Waals surface area (Å²) in [6.07, 6.45) is 1.65. The molecular weight excluding hydrogens is 400 g/mol. The van der Waals surface area contributed by atoms with E-state index in [1.165, 1.54) is 4.88 Å². The molecule has 1 aliphatic heterocycles. The summed E-state index contributed by atoms with van der Waals surface area (Å²) in [5.41, 5.74) is 1.87. The molecule has 0 spiro atoms. The van der Waals surface area contributed by atoms with Crippen molar-refractivity contribution in [3.05, 3.63) is 82.6 Å². The standard InChI is InChI=1S/C23H26N2O2S2/c1-19-9-11-20(12-10-19)25(29(26,27)23-7-3-2-4-8-23)21-13-15-24(16-14-21)18-22-6-5-17-28-22/h2-12,17,21H,13-16,18H2,1H3. The number of thiophene rings is 1. The van der Waals surface area contributed by atoms with Gasteiger partial charge in [-0.15, -0.1) is 11.3 Å². The Morgan fingerprint density at radius 3 is 2.28 bits per heavy atom. The number of sulfonamides is 1. The Bertz CT molecular complexity index is 1010. The Morgan fingerprint density at radius 1 is 0.966 bits per heavy atom. The second-order valence-electron chi connectivity index (χ2n) is 7.54. The molecule has 0 unspecified atom stereocenters. The molecule has 4 rings (SSSR count). The number of hydrogen-bond acceptors (Lipinski definition) is 4. The summed E-state index contributed by atoms with van der Waals surface area (Å²) in [7, 11) is -3.62. The highest BCUT2D eigenvalue weighted by Crippen LogP contribution is 2.31. The van der Waals surface area contributed by atoms with Crippen LogP contribution in [0, 0.1) is 6.92 Å². The van der Waals surface area contributed by atoms with E-state index >= 15 is 0 Å². The van der Waals surface area contributed by atoms with Crippen molar-refractivity contribution in [1.82, 2.24) is 4.90 Å². The SMILES string of the molecule is Cc1ccc(N(C2CCN(Cc3cccs3)CC2)S(=O)(=O)c2ccccc2)cc1. The van der Waals surface area contributed by atoms with Gasteiger partial charge < -0.3 is 0 Å². The number of nitrogens with zero attached hydrogens (tertiary/aromatic N) is 2. The molecule has 2 aromatic carbocycles. The zero-order valence-electron chi connectivity index (χ0n) is 16.6. The van der Waals surface area contributed by atoms with E-state index < -0.39 is 10.0 Å². The van der Waals surface area contributed by atoms with Gasteiger partial charge in [-0.1, -0.05) is 42.0 Å². The fraction of sp³-hybridized carbons (Fsp3) is 0.304. The molecule has 152 valence electrons. The molecule has 1 aromatic heterocycles. The van der Waals surface area contributed by atoms with Gasteiger partial charge in [-0.05, 0) is 55.5 Å². The van der Waals surface area contributed by atoms with Crippen LogP contribution >= 0.6 is 11.3 Å². The molecule has 6 heteroatoms. The molecule has 0 N–H and O–H groups in total. The summed E-state index contributed by atoms with van der Waals surface area (Å²) in [5.74, 6) is 0. The Kier molecular flexibility index (Phi) is 6.04. The zero-order valence-corrected chi connectivity index (χ0v) is 18.2. The Balaban J connectivity index is 1.59. The highest BCUT2D eigenvalue weighted by molar-refractivity contribution is 7.92. The van der Waals surface area contributed by atoms with Gasteiger partial charge in [0.25, 0.3) is 10.0 Å². The number of piperidine rings is 1. The summed E-state index contributed by atoms with van der Waals surface area (Å²) < 4.78 is 28.8. The fourth-order valence-corrected chi connectivity index (χ4v) is 6.36. The van der Waals surface area contributed by atoms with E-state index in [2.05, 4.69) is 22.4 Å². The monoisotopic (exact) mass is 426 g/mol. The van der Waals surface area contributed by atoms with Crippen LogP contribution in [0.3, 0.4) is 0 Å². The predicted octanol–water partition coefficient (Wildman–Crippen LogP) is 4.92. The molecule has 29 heavy (non-hydrogen) atoms. The van der Waals surface area contributed by atoms with Crippen LogP contribution in [0.4, 0.5) is 5.69 Å². The largest absolute Gasteiger partial charge is 0.298 e. The first-order valence-electron chi connectivity index (χ1n) is 9.95. The molecule has 0 saturated carbocycles. The first-order chi connectivity index (χ1) is 14.0. The van der Waals surface area contributed by atoms with Crippen LogP contribution in [0.5, 0.6) is 0 Å². The zero-order chi connectivity index (χ0) is 20.3. The van der Waals surface area contributed by atoms with Crippen molar-refractivity contribution in [3.63, 3.8) is 0 Å². The van der Waals surface area contributed by atoms with Crippen LogP contribution in [0.25, 0.3) is 0 Å². The highest BCUT2D eigenvalue weighted by atomic mass is 32.2. The third kappa shape index (κ3) is 4.55. The first kappa shape index (κ1) is 20.1. The lowest BCUT2D eigenvalue weighted by Crippen LogP contribution is -2.47. The maximum absolute atomic E-state index is 13.6. The van der Waals surface area contributed by atoms with Gasteiger partial charge in [0.2, 0.25) is 0 Å². The lowest BCUT2D eigenvalue weighted by molar-refractivity contribution is 0.208. The minimum Gasteiger partial charge on any atom is -0.298 e. The van der Waals surface area contributed by atoms with Crippen LogP contribution < -0.4 is 4.31 Å². The second kappa shape index (κ2) is 8.69. The van der Waals surface area contributed by atoms with Crippen LogP contribution in [0.2, 0.25) is 0 Å². The first-order valence-corrected chi connectivity index (χ1v) is 12.3. The van der Waals surface area contributed by atoms with Crippen molar-refractivity contribution < 1.29 is 8.42 Å². The van der Waals surface area contributed by atoms with Crippen LogP contribution in [0.1, 0.15) is 23.3 Å². The van der Waals surface area contributed by atoms with Crippen molar-refractivity contribution >= 4 is 27.0 Å². The Hall–Kier alpha value is -2.15. The molecule has 0 radical (unpaired) electrons. The van der Waals surface area contributed by atoms with Crippen molar-refractivity contribution in [1.29, 1.82) is 0 Å². The van der Waals surface area contributed by atoms with Gasteiger partial charge in [-0.25, -0.2) is 8.42 Å². The lowest BCUT2D eigenvalue weighted by atomic mass is 10.0. The Morgan fingerprint density at radius 2 is 1.66 bits per heavy atom. The molecule has 0 aliphatic carbocycles. The second-order valence-corrected chi connectivity index (χ2v) is 10.4. The average molecular weight is 427 g/mol. The van der Waals surface area contributed by atoms with Crippen molar-refractivity contribution in [2.45, 2.75) is 37.2 Å². The third-order valence-corrected chi connectivity index (χ3v) is 8.19. The minimum absolute atomic E-state index is 0.0394. The molecule has 0 atom stereocenters. The van der Waals surface area contributed by atoms with Gasteiger partial charge in [0.1, 0.15) is 0 Å². The highest BCUT2D eigenvalue weighted by Gasteiger charge is 2.34. The number of aryl methyl sites for hydroxylation is 1. The summed E-state index contributed by atoms with van der Waals surface area (Å²) in [6.45, 7) is 4.76. The van der Waals surface area contributed by atoms with Gasteiger partial charge in [0.05, 0.1) is 10.6 Å². The van der Waals surface area contributed by atoms with Crippen LogP contribution in [-0.4, -0.2) is 32.4 Å². The topological polar surface area (TPSA) is 40.6 Å². The number of hydrogen-bond donors (Lipinski definition) is 0. The molecular formula is C23H26N2O2S2. The molecule has 3 aromatic rings. The summed E-state index contributed by atoms with van der Waals surface area (Å²) >= 11 is 1.78. The molecule has 1 fully saturated rings. The van der Waals surface area contributed by atoms with E-state index in [0.717, 1.165) is 43.7 Å². The van der Waals surface area contributed by atoms with E-state index in [4.69, 9.17) is 0 Å². The smallest absolute Gasteiger partial charge is 0.264 e. The maximum atomic E-state index is 13.6. The van der Waals surface area contributed by atoms with Crippen molar-refractivity contribution in [2.24, 2.45) is 0 Å². The molecule has 0 amide bonds. The third-order valence-electron chi connectivity index (χ3n) is 5.44. The van der Waals surface area contributed by atoms with Gasteiger partial charge in [0, 0.05) is 30.6 Å². The van der Waals surface area contributed by atoms with Crippen LogP contribution in [-0.2, 0) is 16.6 Å². The van der Waals surface area contributed by atoms with E-state index in [9.17, 15) is 8.42 Å². The number of rotatable bonds is 6.